The second-order valence-electron chi connectivity index (χ2n) is 5.85. The summed E-state index contributed by atoms with van der Waals surface area (Å²) in [4.78, 5) is 29.6. The van der Waals surface area contributed by atoms with Gasteiger partial charge < -0.3 is 5.99 Å². The van der Waals surface area contributed by atoms with Gasteiger partial charge in [0.25, 0.3) is 11.1 Å². The van der Waals surface area contributed by atoms with Crippen molar-refractivity contribution < 1.29 is 2.80 Å². The number of aryl methyl sites for hydroxylation is 1. The third-order valence-electron chi connectivity index (χ3n) is 4.28. The molecular weight excluding hydrogens is 342 g/mol. The lowest BCUT2D eigenvalue weighted by atomic mass is 10.2. The van der Waals surface area contributed by atoms with E-state index in [-0.39, 0.29) is 12.5 Å². The topological polar surface area (TPSA) is 96.5 Å². The molecule has 0 fully saturated rings. The van der Waals surface area contributed by atoms with Crippen LogP contribution in [-0.2, 0) is 6.54 Å². The molecule has 0 atom stereocenters. The number of nitrogens with zero attached hydrogens (tertiary/aromatic N) is 4. The Morgan fingerprint density at radius 1 is 1.22 bits per heavy atom. The molecule has 4 aromatic rings. The van der Waals surface area contributed by atoms with E-state index in [2.05, 4.69) is 10.1 Å². The molecule has 136 valence electrons. The highest BCUT2D eigenvalue weighted by molar-refractivity contribution is 5.80. The molecule has 0 unspecified atom stereocenters. The van der Waals surface area contributed by atoms with Crippen molar-refractivity contribution in [1.82, 2.24) is 19.3 Å². The summed E-state index contributed by atoms with van der Waals surface area (Å²) in [5, 5.41) is 10.5. The Hall–Kier alpha value is -3.92. The van der Waals surface area contributed by atoms with E-state index in [0.29, 0.717) is 23.1 Å². The van der Waals surface area contributed by atoms with E-state index in [0.717, 1.165) is 17.9 Å². The molecule has 0 amide bonds. The van der Waals surface area contributed by atoms with Gasteiger partial charge in [-0.1, -0.05) is 24.3 Å². The molecule has 27 heavy (non-hydrogen) atoms. The average Bonchev–Trinajstić information content (AvgIpc) is 3.03. The Labute approximate surface area is 157 Å². The number of nitriles is 1. The van der Waals surface area contributed by atoms with Crippen LogP contribution in [0.15, 0.2) is 70.4 Å². The highest BCUT2D eigenvalue weighted by Crippen LogP contribution is 2.14. The Bertz CT molecular complexity index is 1260. The Kier molecular flexibility index (Phi) is 4.62. The van der Waals surface area contributed by atoms with E-state index in [1.807, 2.05) is 48.5 Å². The monoisotopic (exact) mass is 364 g/mol. The fourth-order valence-electron chi connectivity index (χ4n) is 3.02. The third kappa shape index (κ3) is 3.28. The standard InChI is InChI=1S/C19H16N4O2.CHN.H/c1-13-18-16(21-23(19(18)25)15-8-3-2-4-9-15)11-17(24)22(13)12-14-7-5-6-10-20-14;1-2;/h2-11,21H,12H2,1H3;1H;/q;;-1/i;1T;1+2. The highest BCUT2D eigenvalue weighted by Gasteiger charge is 2.15. The second-order valence-corrected chi connectivity index (χ2v) is 5.85. The number of hydrogen-bond donors (Lipinski definition) is 1. The first-order chi connectivity index (χ1) is 13.6. The summed E-state index contributed by atoms with van der Waals surface area (Å²) in [7, 11) is 0. The molecule has 7 heteroatoms. The van der Waals surface area contributed by atoms with Crippen molar-refractivity contribution in [2.75, 3.05) is 0 Å². The summed E-state index contributed by atoms with van der Waals surface area (Å²) in [5.74, 6) is 0. The molecule has 0 radical (unpaired) electrons. The Morgan fingerprint density at radius 2 is 1.93 bits per heavy atom. The molecular formula is C20H18N5O2-. The van der Waals surface area contributed by atoms with Crippen LogP contribution in [0, 0.1) is 18.7 Å². The fourth-order valence-corrected chi connectivity index (χ4v) is 3.02. The lowest BCUT2D eigenvalue weighted by Gasteiger charge is -2.09. The largest absolute Gasteiger partial charge is 1.00 e. The van der Waals surface area contributed by atoms with Crippen LogP contribution in [0.2, 0.25) is 0 Å². The van der Waals surface area contributed by atoms with E-state index >= 15 is 0 Å². The van der Waals surface area contributed by atoms with E-state index < -0.39 is 0 Å². The summed E-state index contributed by atoms with van der Waals surface area (Å²) in [5.41, 5.74) is 2.32. The van der Waals surface area contributed by atoms with Gasteiger partial charge >= 0.3 is 0 Å². The summed E-state index contributed by atoms with van der Waals surface area (Å²) in [6.07, 6.45) is 1.69. The zero-order valence-corrected chi connectivity index (χ0v) is 14.6. The summed E-state index contributed by atoms with van der Waals surface area (Å²) in [6.45, 7) is 3.12. The predicted molar refractivity (Wildman–Crippen MR) is 104 cm³/mol. The lowest BCUT2D eigenvalue weighted by molar-refractivity contribution is 0.720. The number of aromatic nitrogens is 4. The number of H-pyrrole nitrogens is 1. The molecule has 0 aliphatic rings. The minimum atomic E-state index is -0.173. The van der Waals surface area contributed by atoms with Crippen LogP contribution in [0.5, 0.6) is 0 Å². The maximum Gasteiger partial charge on any atom is 0.280 e. The van der Waals surface area contributed by atoms with E-state index in [4.69, 9.17) is 6.63 Å². The smallest absolute Gasteiger partial charge is 0.280 e. The van der Waals surface area contributed by atoms with Crippen LogP contribution >= 0.6 is 0 Å². The number of hydrogen-bond acceptors (Lipinski definition) is 4. The molecule has 0 aliphatic carbocycles. The van der Waals surface area contributed by atoms with Crippen LogP contribution < -0.4 is 11.1 Å². The lowest BCUT2D eigenvalue weighted by Crippen LogP contribution is -2.24. The second kappa shape index (κ2) is 7.54. The van der Waals surface area contributed by atoms with Crippen LogP contribution in [0.4, 0.5) is 0 Å². The van der Waals surface area contributed by atoms with E-state index in [1.54, 1.807) is 17.7 Å². The summed E-state index contributed by atoms with van der Waals surface area (Å²) < 4.78 is 8.55. The molecule has 0 saturated heterocycles. The van der Waals surface area contributed by atoms with Crippen molar-refractivity contribution in [1.29, 1.82) is 5.26 Å². The molecule has 3 heterocycles. The zero-order chi connectivity index (χ0) is 20.1. The van der Waals surface area contributed by atoms with Crippen molar-refractivity contribution in [2.24, 2.45) is 0 Å². The molecule has 0 aliphatic heterocycles. The van der Waals surface area contributed by atoms with Gasteiger partial charge in [-0.05, 0) is 31.2 Å². The first-order valence-electron chi connectivity index (χ1n) is 8.68. The first-order valence-corrected chi connectivity index (χ1v) is 8.18. The summed E-state index contributed by atoms with van der Waals surface area (Å²) in [6, 6.07) is 16.3. The van der Waals surface area contributed by atoms with Gasteiger partial charge in [-0.2, -0.15) is 0 Å². The van der Waals surface area contributed by atoms with Crippen molar-refractivity contribution >= 4 is 10.9 Å². The van der Waals surface area contributed by atoms with Crippen LogP contribution in [0.1, 0.15) is 14.2 Å². The molecule has 7 nitrogen and oxygen atoms in total. The van der Waals surface area contributed by atoms with Gasteiger partial charge in [0.15, 0.2) is 1.37 Å². The van der Waals surface area contributed by atoms with Crippen molar-refractivity contribution in [3.8, 4) is 12.2 Å². The molecule has 3 aromatic heterocycles. The number of aromatic amines is 1. The van der Waals surface area contributed by atoms with Gasteiger partial charge in [-0.25, -0.2) is 9.94 Å². The van der Waals surface area contributed by atoms with Gasteiger partial charge in [0.2, 0.25) is 0 Å². The normalized spacial score (nSPS) is 10.6. The summed E-state index contributed by atoms with van der Waals surface area (Å²) >= 11 is 0. The van der Waals surface area contributed by atoms with E-state index in [1.165, 1.54) is 10.7 Å². The number of nitrogens with one attached hydrogen (secondary N) is 1. The molecule has 1 aromatic carbocycles. The first kappa shape index (κ1) is 16.5. The van der Waals surface area contributed by atoms with Crippen LogP contribution in [-0.4, -0.2) is 19.3 Å². The van der Waals surface area contributed by atoms with Crippen molar-refractivity contribution in [2.45, 2.75) is 13.5 Å². The number of benzene rings is 1. The fraction of sp³-hybridized carbons (Fsp3) is 0.100. The molecule has 0 spiro atoms. The Balaban J connectivity index is 0.000000708. The Morgan fingerprint density at radius 3 is 2.59 bits per heavy atom. The molecule has 1 N–H and O–H groups in total. The van der Waals surface area contributed by atoms with Gasteiger partial charge in [-0.15, -0.1) is 0 Å². The zero-order valence-electron chi connectivity index (χ0n) is 16.6. The molecule has 4 rings (SSSR count). The van der Waals surface area contributed by atoms with Gasteiger partial charge in [0, 0.05) is 24.5 Å². The quantitative estimate of drug-likeness (QED) is 0.604. The minimum Gasteiger partial charge on any atom is -1.00 e. The van der Waals surface area contributed by atoms with Gasteiger partial charge in [-0.3, -0.25) is 19.7 Å². The van der Waals surface area contributed by atoms with Crippen molar-refractivity contribution in [3.63, 3.8) is 0 Å². The maximum atomic E-state index is 12.9. The maximum absolute atomic E-state index is 12.9. The average molecular weight is 364 g/mol. The number of rotatable bonds is 3. The van der Waals surface area contributed by atoms with Crippen LogP contribution in [0.25, 0.3) is 16.6 Å². The molecule has 0 bridgehead atoms. The number of para-hydroxylation sites is 1. The number of fused-ring (bicyclic) bond motifs is 1. The van der Waals surface area contributed by atoms with E-state index in [9.17, 15) is 9.59 Å². The van der Waals surface area contributed by atoms with Crippen LogP contribution in [0.3, 0.4) is 0 Å². The highest BCUT2D eigenvalue weighted by atomic mass is 16.1. The molecule has 0 saturated carbocycles. The van der Waals surface area contributed by atoms with Crippen molar-refractivity contribution in [3.05, 3.63) is 92.9 Å². The third-order valence-corrected chi connectivity index (χ3v) is 4.28. The SMILES string of the molecule is Cc1c2c(=O)n(-c3ccccc3)[nH]c2cc(=O)n1Cc1ccccn1.[3H-].[3H]C#N. The number of pyridine rings is 2. The van der Waals surface area contributed by atoms with Gasteiger partial charge in [0.05, 0.1) is 28.8 Å². The minimum absolute atomic E-state index is 0. The predicted octanol–water partition coefficient (Wildman–Crippen LogP) is 2.48. The van der Waals surface area contributed by atoms with Gasteiger partial charge in [0.1, 0.15) is 0 Å².